The molecule has 0 aliphatic heterocycles. The third kappa shape index (κ3) is 2.94. The lowest BCUT2D eigenvalue weighted by molar-refractivity contribution is 0.458. The molecule has 0 saturated carbocycles. The molecule has 25 heavy (non-hydrogen) atoms. The molecule has 3 N–H and O–H groups in total. The molecule has 13 nitrogen and oxygen atoms in total. The second-order valence-corrected chi connectivity index (χ2v) is 8.61. The summed E-state index contributed by atoms with van der Waals surface area (Å²) in [6.45, 7) is 0. The van der Waals surface area contributed by atoms with Crippen LogP contribution in [0.2, 0.25) is 0 Å². The summed E-state index contributed by atoms with van der Waals surface area (Å²) in [6, 6.07) is 3.29. The fourth-order valence-electron chi connectivity index (χ4n) is 2.08. The van der Waals surface area contributed by atoms with Crippen LogP contribution in [0, 0.1) is 0 Å². The van der Waals surface area contributed by atoms with E-state index in [1.165, 1.54) is 12.1 Å². The molecule has 3 rings (SSSR count). The predicted octanol–water partition coefficient (Wildman–Crippen LogP) is -0.982. The van der Waals surface area contributed by atoms with Gasteiger partial charge in [0.15, 0.2) is 0 Å². The number of rotatable bonds is 3. The first-order valence-corrected chi connectivity index (χ1v) is 10.2. The number of hydrogen-bond donors (Lipinski definition) is 3. The van der Waals surface area contributed by atoms with Crippen molar-refractivity contribution in [3.63, 3.8) is 0 Å². The van der Waals surface area contributed by atoms with Gasteiger partial charge in [0.25, 0.3) is 20.4 Å². The van der Waals surface area contributed by atoms with E-state index in [0.717, 1.165) is 6.07 Å². The minimum Gasteiger partial charge on any atom is -0.282 e. The Bertz CT molecular complexity index is 1360. The van der Waals surface area contributed by atoms with Crippen molar-refractivity contribution in [3.05, 3.63) is 18.2 Å². The van der Waals surface area contributed by atoms with Crippen LogP contribution in [0.5, 0.6) is 0 Å². The lowest BCUT2D eigenvalue weighted by atomic mass is 10.3. The van der Waals surface area contributed by atoms with E-state index >= 15 is 0 Å². The van der Waals surface area contributed by atoms with Gasteiger partial charge >= 0.3 is 20.2 Å². The van der Waals surface area contributed by atoms with Crippen molar-refractivity contribution in [1.82, 2.24) is 19.4 Å². The predicted molar refractivity (Wildman–Crippen MR) is 77.7 cm³/mol. The Balaban J connectivity index is 2.69. The topological polar surface area (TPSA) is 206 Å². The van der Waals surface area contributed by atoms with Crippen LogP contribution in [0.15, 0.2) is 33.4 Å². The molecule has 0 atom stereocenters. The Morgan fingerprint density at radius 3 is 1.96 bits per heavy atom. The van der Waals surface area contributed by atoms with Crippen molar-refractivity contribution in [1.29, 1.82) is 0 Å². The Hall–Kier alpha value is -2.24. The maximum absolute atomic E-state index is 11.6. The molecule has 0 aliphatic rings. The van der Waals surface area contributed by atoms with Gasteiger partial charge < -0.3 is 0 Å². The summed E-state index contributed by atoms with van der Waals surface area (Å²) in [7, 11) is -15.1. The maximum atomic E-state index is 11.6. The van der Waals surface area contributed by atoms with Gasteiger partial charge in [0, 0.05) is 0 Å². The molecule has 0 spiro atoms. The molecule has 0 unspecified atom stereocenters. The molecule has 16 heteroatoms. The van der Waals surface area contributed by atoms with Crippen molar-refractivity contribution in [3.8, 4) is 0 Å². The molecule has 0 radical (unpaired) electrons. The van der Waals surface area contributed by atoms with Gasteiger partial charge in [-0.05, 0) is 12.1 Å². The van der Waals surface area contributed by atoms with Crippen molar-refractivity contribution in [2.45, 2.75) is 15.2 Å². The van der Waals surface area contributed by atoms with Crippen LogP contribution >= 0.6 is 0 Å². The first kappa shape index (κ1) is 17.6. The van der Waals surface area contributed by atoms with E-state index in [4.69, 9.17) is 4.55 Å². The summed E-state index contributed by atoms with van der Waals surface area (Å²) < 4.78 is 96.5. The van der Waals surface area contributed by atoms with Crippen molar-refractivity contribution >= 4 is 47.2 Å². The van der Waals surface area contributed by atoms with E-state index in [9.17, 15) is 34.4 Å². The Labute approximate surface area is 139 Å². The van der Waals surface area contributed by atoms with E-state index < -0.39 is 56.9 Å². The van der Waals surface area contributed by atoms with E-state index in [1.54, 1.807) is 0 Å². The summed E-state index contributed by atoms with van der Waals surface area (Å²) in [4.78, 5) is 9.32. The van der Waals surface area contributed by atoms with Gasteiger partial charge in [0.2, 0.25) is 5.78 Å². The SMILES string of the molecule is O=S(=O)(O)c1nc(S(=O)(=O)O)n2c(n1)nc1cccc(S(=O)(=O)O)c12. The molecule has 0 fully saturated rings. The van der Waals surface area contributed by atoms with Gasteiger partial charge in [-0.1, -0.05) is 6.07 Å². The summed E-state index contributed by atoms with van der Waals surface area (Å²) >= 11 is 0. The minimum absolute atomic E-state index is 0.207. The fourth-order valence-corrected chi connectivity index (χ4v) is 3.83. The largest absolute Gasteiger partial charge is 0.330 e. The van der Waals surface area contributed by atoms with Crippen molar-refractivity contribution in [2.24, 2.45) is 0 Å². The smallest absolute Gasteiger partial charge is 0.282 e. The highest BCUT2D eigenvalue weighted by Gasteiger charge is 2.28. The number of aromatic nitrogens is 4. The zero-order chi connectivity index (χ0) is 18.8. The quantitative estimate of drug-likeness (QED) is 0.445. The van der Waals surface area contributed by atoms with Crippen LogP contribution in [-0.4, -0.2) is 58.3 Å². The Morgan fingerprint density at radius 2 is 1.44 bits per heavy atom. The summed E-state index contributed by atoms with van der Waals surface area (Å²) in [5.74, 6) is -0.707. The fraction of sp³-hybridized carbons (Fsp3) is 0. The average Bonchev–Trinajstić information content (AvgIpc) is 2.81. The number of imidazole rings is 1. The monoisotopic (exact) mass is 410 g/mol. The van der Waals surface area contributed by atoms with Gasteiger partial charge in [-0.3, -0.25) is 13.7 Å². The third-order valence-corrected chi connectivity index (χ3v) is 5.20. The molecule has 3 aromatic rings. The normalized spacial score (nSPS) is 13.6. The lowest BCUT2D eigenvalue weighted by Gasteiger charge is -2.05. The van der Waals surface area contributed by atoms with E-state index in [1.807, 2.05) is 0 Å². The number of benzene rings is 1. The summed E-state index contributed by atoms with van der Waals surface area (Å²) in [6.07, 6.45) is 0. The molecule has 0 bridgehead atoms. The third-order valence-electron chi connectivity index (χ3n) is 2.94. The number of fused-ring (bicyclic) bond motifs is 3. The molecule has 2 aromatic heterocycles. The van der Waals surface area contributed by atoms with Crippen LogP contribution in [0.3, 0.4) is 0 Å². The highest BCUT2D eigenvalue weighted by Crippen LogP contribution is 2.26. The number of hydrogen-bond acceptors (Lipinski definition) is 9. The first-order valence-electron chi connectivity index (χ1n) is 5.92. The van der Waals surface area contributed by atoms with Gasteiger partial charge in [-0.25, -0.2) is 9.38 Å². The Kier molecular flexibility index (Phi) is 3.61. The van der Waals surface area contributed by atoms with Crippen LogP contribution in [0.1, 0.15) is 0 Å². The molecule has 0 amide bonds. The first-order chi connectivity index (χ1) is 11.3. The summed E-state index contributed by atoms with van der Waals surface area (Å²) in [5.41, 5.74) is -0.726. The zero-order valence-corrected chi connectivity index (χ0v) is 14.0. The van der Waals surface area contributed by atoms with Crippen molar-refractivity contribution in [2.75, 3.05) is 0 Å². The van der Waals surface area contributed by atoms with Crippen LogP contribution in [-0.2, 0) is 30.4 Å². The standard InChI is InChI=1S/C9H6N4O9S3/c14-23(15,16)5-3-1-2-4-6(5)13-7(10-4)11-8(24(17,18)19)12-9(13)25(20,21)22/h1-3H,(H,14,15,16)(H,17,18,19)(H,20,21,22). The van der Waals surface area contributed by atoms with E-state index in [2.05, 4.69) is 15.0 Å². The molecule has 1 aromatic carbocycles. The van der Waals surface area contributed by atoms with Crippen LogP contribution < -0.4 is 0 Å². The van der Waals surface area contributed by atoms with Crippen molar-refractivity contribution < 1.29 is 38.9 Å². The highest BCUT2D eigenvalue weighted by molar-refractivity contribution is 7.86. The average molecular weight is 410 g/mol. The Morgan fingerprint density at radius 1 is 0.800 bits per heavy atom. The summed E-state index contributed by atoms with van der Waals surface area (Å²) in [5, 5.41) is -2.75. The number of nitrogens with zero attached hydrogens (tertiary/aromatic N) is 4. The van der Waals surface area contributed by atoms with Gasteiger partial charge in [0.1, 0.15) is 4.90 Å². The zero-order valence-electron chi connectivity index (χ0n) is 11.5. The van der Waals surface area contributed by atoms with Gasteiger partial charge in [0.05, 0.1) is 11.0 Å². The van der Waals surface area contributed by atoms with E-state index in [0.29, 0.717) is 4.40 Å². The highest BCUT2D eigenvalue weighted by atomic mass is 32.2. The lowest BCUT2D eigenvalue weighted by Crippen LogP contribution is -2.16. The maximum Gasteiger partial charge on any atom is 0.330 e. The van der Waals surface area contributed by atoms with Crippen LogP contribution in [0.25, 0.3) is 16.8 Å². The van der Waals surface area contributed by atoms with Crippen LogP contribution in [0.4, 0.5) is 0 Å². The second-order valence-electron chi connectivity index (χ2n) is 4.59. The molecule has 0 aliphatic carbocycles. The molecule has 2 heterocycles. The van der Waals surface area contributed by atoms with E-state index in [-0.39, 0.29) is 5.52 Å². The minimum atomic E-state index is -5.22. The molecule has 0 saturated heterocycles. The second kappa shape index (κ2) is 5.13. The van der Waals surface area contributed by atoms with Gasteiger partial charge in [-0.15, -0.1) is 0 Å². The molecular formula is C9H6N4O9S3. The van der Waals surface area contributed by atoms with Gasteiger partial charge in [-0.2, -0.15) is 35.2 Å². The number of para-hydroxylation sites is 1. The molecular weight excluding hydrogens is 404 g/mol. The molecule has 134 valence electrons.